The number of aromatic nitrogens is 1. The second kappa shape index (κ2) is 4.41. The first kappa shape index (κ1) is 13.7. The highest BCUT2D eigenvalue weighted by Crippen LogP contribution is 2.55. The van der Waals surface area contributed by atoms with Crippen LogP contribution in [-0.2, 0) is 5.41 Å². The molecule has 1 aromatic heterocycles. The Bertz CT molecular complexity index is 1120. The molecule has 0 spiro atoms. The quantitative estimate of drug-likeness (QED) is 0.483. The largest absolute Gasteiger partial charge is 0.495 e. The molecule has 3 aromatic carbocycles. The molecule has 1 N–H and O–H groups in total. The molecule has 1 aliphatic carbocycles. The Morgan fingerprint density at radius 3 is 2.46 bits per heavy atom. The van der Waals surface area contributed by atoms with E-state index >= 15 is 0 Å². The zero-order chi connectivity index (χ0) is 16.5. The van der Waals surface area contributed by atoms with Crippen LogP contribution < -0.4 is 4.74 Å². The molecule has 2 nitrogen and oxygen atoms in total. The van der Waals surface area contributed by atoms with Crippen molar-refractivity contribution in [3.8, 4) is 16.9 Å². The van der Waals surface area contributed by atoms with E-state index < -0.39 is 0 Å². The maximum atomic E-state index is 5.97. The lowest BCUT2D eigenvalue weighted by Gasteiger charge is -2.21. The second-order valence-corrected chi connectivity index (χ2v) is 7.10. The lowest BCUT2D eigenvalue weighted by molar-refractivity contribution is 0.421. The number of para-hydroxylation sites is 1. The van der Waals surface area contributed by atoms with Gasteiger partial charge >= 0.3 is 0 Å². The lowest BCUT2D eigenvalue weighted by Crippen LogP contribution is -2.14. The summed E-state index contributed by atoms with van der Waals surface area (Å²) in [4.78, 5) is 3.57. The predicted molar refractivity (Wildman–Crippen MR) is 99.9 cm³/mol. The first-order valence-corrected chi connectivity index (χ1v) is 8.34. The zero-order valence-electron chi connectivity index (χ0n) is 14.1. The number of H-pyrrole nitrogens is 1. The predicted octanol–water partition coefficient (Wildman–Crippen LogP) is 5.64. The summed E-state index contributed by atoms with van der Waals surface area (Å²) in [5.41, 5.74) is 7.52. The molecule has 1 aliphatic rings. The summed E-state index contributed by atoms with van der Waals surface area (Å²) >= 11 is 0. The number of methoxy groups -OCH3 is 1. The van der Waals surface area contributed by atoms with Gasteiger partial charge in [-0.25, -0.2) is 0 Å². The van der Waals surface area contributed by atoms with Crippen molar-refractivity contribution < 1.29 is 4.74 Å². The third-order valence-corrected chi connectivity index (χ3v) is 5.49. The van der Waals surface area contributed by atoms with Crippen molar-refractivity contribution >= 4 is 21.8 Å². The van der Waals surface area contributed by atoms with Crippen LogP contribution in [0.2, 0.25) is 0 Å². The lowest BCUT2D eigenvalue weighted by atomic mass is 9.82. The number of rotatable bonds is 1. The van der Waals surface area contributed by atoms with E-state index in [9.17, 15) is 0 Å². The molecule has 1 heterocycles. The molecule has 0 saturated heterocycles. The molecule has 0 amide bonds. The monoisotopic (exact) mass is 313 g/mol. The van der Waals surface area contributed by atoms with E-state index in [1.165, 1.54) is 33.0 Å². The molecule has 0 saturated carbocycles. The van der Waals surface area contributed by atoms with Gasteiger partial charge in [0.1, 0.15) is 5.75 Å². The highest BCUT2D eigenvalue weighted by Gasteiger charge is 2.38. The third kappa shape index (κ3) is 1.51. The van der Waals surface area contributed by atoms with Crippen LogP contribution in [0, 0.1) is 0 Å². The van der Waals surface area contributed by atoms with E-state index in [0.717, 1.165) is 16.8 Å². The van der Waals surface area contributed by atoms with Crippen LogP contribution in [0.1, 0.15) is 25.0 Å². The van der Waals surface area contributed by atoms with Crippen molar-refractivity contribution in [3.63, 3.8) is 0 Å². The Hall–Kier alpha value is -2.74. The molecular weight excluding hydrogens is 294 g/mol. The number of nitrogens with one attached hydrogen (secondary N) is 1. The van der Waals surface area contributed by atoms with E-state index in [-0.39, 0.29) is 5.41 Å². The Morgan fingerprint density at radius 2 is 1.62 bits per heavy atom. The fraction of sp³-hybridized carbons (Fsp3) is 0.182. The summed E-state index contributed by atoms with van der Waals surface area (Å²) in [6.07, 6.45) is 0. The Kier molecular flexibility index (Phi) is 2.52. The molecule has 0 aliphatic heterocycles. The molecule has 5 rings (SSSR count). The van der Waals surface area contributed by atoms with Crippen LogP contribution >= 0.6 is 0 Å². The molecule has 0 radical (unpaired) electrons. The van der Waals surface area contributed by atoms with Crippen molar-refractivity contribution in [3.05, 3.63) is 65.7 Å². The molecular formula is C22H19NO. The van der Waals surface area contributed by atoms with Gasteiger partial charge in [-0.05, 0) is 28.8 Å². The minimum atomic E-state index is -0.0231. The Balaban J connectivity index is 2.02. The van der Waals surface area contributed by atoms with Gasteiger partial charge in [0.25, 0.3) is 0 Å². The van der Waals surface area contributed by atoms with Crippen molar-refractivity contribution in [1.29, 1.82) is 0 Å². The van der Waals surface area contributed by atoms with Gasteiger partial charge in [-0.1, -0.05) is 56.3 Å². The van der Waals surface area contributed by atoms with Crippen molar-refractivity contribution in [2.75, 3.05) is 7.11 Å². The summed E-state index contributed by atoms with van der Waals surface area (Å²) in [5, 5.41) is 2.40. The number of fused-ring (bicyclic) bond motifs is 6. The molecule has 0 fully saturated rings. The maximum absolute atomic E-state index is 5.97. The molecule has 118 valence electrons. The van der Waals surface area contributed by atoms with Gasteiger partial charge in [0.15, 0.2) is 0 Å². The Morgan fingerprint density at radius 1 is 0.875 bits per heavy atom. The van der Waals surface area contributed by atoms with E-state index in [2.05, 4.69) is 73.4 Å². The summed E-state index contributed by atoms with van der Waals surface area (Å²) in [6, 6.07) is 19.4. The molecule has 0 atom stereocenters. The molecule has 4 aromatic rings. The number of benzene rings is 3. The van der Waals surface area contributed by atoms with Crippen molar-refractivity contribution in [1.82, 2.24) is 4.98 Å². The van der Waals surface area contributed by atoms with Crippen LogP contribution in [0.4, 0.5) is 0 Å². The summed E-state index contributed by atoms with van der Waals surface area (Å²) in [7, 11) is 1.78. The van der Waals surface area contributed by atoms with Crippen molar-refractivity contribution in [2.45, 2.75) is 19.3 Å². The third-order valence-electron chi connectivity index (χ3n) is 5.49. The fourth-order valence-corrected chi connectivity index (χ4v) is 4.34. The van der Waals surface area contributed by atoms with Crippen LogP contribution in [0.25, 0.3) is 32.9 Å². The fourth-order valence-electron chi connectivity index (χ4n) is 4.34. The maximum Gasteiger partial charge on any atom is 0.136 e. The summed E-state index contributed by atoms with van der Waals surface area (Å²) in [6.45, 7) is 4.59. The highest BCUT2D eigenvalue weighted by molar-refractivity contribution is 6.14. The van der Waals surface area contributed by atoms with Gasteiger partial charge < -0.3 is 9.72 Å². The minimum absolute atomic E-state index is 0.0231. The van der Waals surface area contributed by atoms with Crippen LogP contribution in [-0.4, -0.2) is 12.1 Å². The first-order valence-electron chi connectivity index (χ1n) is 8.34. The molecule has 24 heavy (non-hydrogen) atoms. The van der Waals surface area contributed by atoms with Gasteiger partial charge in [0.05, 0.1) is 18.0 Å². The topological polar surface area (TPSA) is 25.0 Å². The Labute approximate surface area is 141 Å². The van der Waals surface area contributed by atoms with Crippen LogP contribution in [0.5, 0.6) is 5.75 Å². The average molecular weight is 313 g/mol. The van der Waals surface area contributed by atoms with E-state index in [1.807, 2.05) is 0 Å². The van der Waals surface area contributed by atoms with Gasteiger partial charge in [-0.3, -0.25) is 0 Å². The standard InChI is InChI=1S/C22H19NO/c1-22(2)15-10-6-4-8-13(15)19-16(22)12-18-20(21(19)24-3)14-9-5-7-11-17(14)23-18/h4-12,23H,1-3H3. The number of hydrogen-bond acceptors (Lipinski definition) is 1. The van der Waals surface area contributed by atoms with E-state index in [4.69, 9.17) is 4.74 Å². The minimum Gasteiger partial charge on any atom is -0.495 e. The number of ether oxygens (including phenoxy) is 1. The van der Waals surface area contributed by atoms with Gasteiger partial charge in [-0.15, -0.1) is 0 Å². The SMILES string of the molecule is COc1c2c(cc3[nH]c4ccccc4c13)C(C)(C)c1ccccc1-2. The van der Waals surface area contributed by atoms with E-state index in [0.29, 0.717) is 0 Å². The second-order valence-electron chi connectivity index (χ2n) is 7.10. The van der Waals surface area contributed by atoms with Crippen LogP contribution in [0.3, 0.4) is 0 Å². The smallest absolute Gasteiger partial charge is 0.136 e. The van der Waals surface area contributed by atoms with Gasteiger partial charge in [0, 0.05) is 21.9 Å². The number of aromatic amines is 1. The normalized spacial score (nSPS) is 14.8. The summed E-state index contributed by atoms with van der Waals surface area (Å²) in [5.74, 6) is 0.984. The van der Waals surface area contributed by atoms with Crippen molar-refractivity contribution in [2.24, 2.45) is 0 Å². The van der Waals surface area contributed by atoms with Gasteiger partial charge in [0.2, 0.25) is 0 Å². The van der Waals surface area contributed by atoms with Crippen LogP contribution in [0.15, 0.2) is 54.6 Å². The molecule has 2 heteroatoms. The van der Waals surface area contributed by atoms with E-state index in [1.54, 1.807) is 7.11 Å². The summed E-state index contributed by atoms with van der Waals surface area (Å²) < 4.78 is 5.97. The first-order chi connectivity index (χ1) is 11.6. The van der Waals surface area contributed by atoms with Gasteiger partial charge in [-0.2, -0.15) is 0 Å². The molecule has 0 unspecified atom stereocenters. The zero-order valence-corrected chi connectivity index (χ0v) is 14.1. The average Bonchev–Trinajstić information content (AvgIpc) is 3.08. The molecule has 0 bridgehead atoms. The number of hydrogen-bond donors (Lipinski definition) is 1. The highest BCUT2D eigenvalue weighted by atomic mass is 16.5.